The number of sulfonamides is 1. The van der Waals surface area contributed by atoms with Crippen molar-refractivity contribution >= 4 is 33.3 Å². The first kappa shape index (κ1) is 13.4. The van der Waals surface area contributed by atoms with Crippen LogP contribution in [0, 0.1) is 0 Å². The van der Waals surface area contributed by atoms with Crippen molar-refractivity contribution in [1.29, 1.82) is 0 Å². The van der Waals surface area contributed by atoms with Crippen LogP contribution in [0.15, 0.2) is 28.2 Å². The Hall–Kier alpha value is -2.07. The fourth-order valence-electron chi connectivity index (χ4n) is 1.18. The maximum absolute atomic E-state index is 12.1. The van der Waals surface area contributed by atoms with Gasteiger partial charge >= 0.3 is 5.97 Å². The van der Waals surface area contributed by atoms with E-state index in [0.717, 1.165) is 18.4 Å². The lowest BCUT2D eigenvalue weighted by Crippen LogP contribution is -2.17. The zero-order chi connectivity index (χ0) is 13.9. The van der Waals surface area contributed by atoms with Gasteiger partial charge in [0.05, 0.1) is 12.6 Å². The zero-order valence-electron chi connectivity index (χ0n) is 9.60. The zero-order valence-corrected chi connectivity index (χ0v) is 11.2. The Morgan fingerprint density at radius 1 is 1.32 bits per heavy atom. The number of nitrogens with one attached hydrogen (secondary N) is 1. The molecule has 0 aliphatic heterocycles. The van der Waals surface area contributed by atoms with Crippen molar-refractivity contribution in [3.05, 3.63) is 29.7 Å². The molecule has 8 nitrogen and oxygen atoms in total. The van der Waals surface area contributed by atoms with E-state index in [0.29, 0.717) is 0 Å². The van der Waals surface area contributed by atoms with Gasteiger partial charge in [0.25, 0.3) is 10.0 Å². The Bertz CT molecular complexity index is 683. The van der Waals surface area contributed by atoms with E-state index in [4.69, 9.17) is 0 Å². The molecule has 0 bridgehead atoms. The van der Waals surface area contributed by atoms with E-state index in [1.807, 2.05) is 0 Å². The standard InChI is InChI=1S/C9H8N4O4S2/c1-17-7(14)6-8(18-5-12-6)19(15,16)13-9-10-3-2-4-11-9/h2-5H,1H3,(H,10,11,13). The third kappa shape index (κ3) is 2.85. The van der Waals surface area contributed by atoms with Crippen LogP contribution in [0.25, 0.3) is 0 Å². The molecule has 2 aromatic heterocycles. The minimum absolute atomic E-state index is 0.0910. The van der Waals surface area contributed by atoms with Crippen molar-refractivity contribution in [3.63, 3.8) is 0 Å². The largest absolute Gasteiger partial charge is 0.464 e. The average molecular weight is 300 g/mol. The molecule has 19 heavy (non-hydrogen) atoms. The smallest absolute Gasteiger partial charge is 0.358 e. The molecular formula is C9H8N4O4S2. The number of carbonyl (C=O) groups is 1. The van der Waals surface area contributed by atoms with E-state index < -0.39 is 16.0 Å². The summed E-state index contributed by atoms with van der Waals surface area (Å²) in [7, 11) is -2.83. The number of hydrogen-bond donors (Lipinski definition) is 1. The normalized spacial score (nSPS) is 11.0. The van der Waals surface area contributed by atoms with Crippen LogP contribution < -0.4 is 4.72 Å². The predicted octanol–water partition coefficient (Wildman–Crippen LogP) is 0.520. The van der Waals surface area contributed by atoms with Crippen LogP contribution in [0.3, 0.4) is 0 Å². The molecule has 0 aliphatic carbocycles. The minimum Gasteiger partial charge on any atom is -0.464 e. The van der Waals surface area contributed by atoms with Crippen molar-refractivity contribution in [2.24, 2.45) is 0 Å². The van der Waals surface area contributed by atoms with Crippen molar-refractivity contribution in [2.75, 3.05) is 11.8 Å². The van der Waals surface area contributed by atoms with Crippen LogP contribution in [-0.4, -0.2) is 36.4 Å². The fraction of sp³-hybridized carbons (Fsp3) is 0.111. The van der Waals surface area contributed by atoms with Gasteiger partial charge in [-0.25, -0.2) is 32.9 Å². The molecule has 0 amide bonds. The first-order valence-electron chi connectivity index (χ1n) is 4.86. The molecular weight excluding hydrogens is 292 g/mol. The van der Waals surface area contributed by atoms with Gasteiger partial charge in [0.1, 0.15) is 0 Å². The third-order valence-electron chi connectivity index (χ3n) is 1.95. The Balaban J connectivity index is 2.36. The maximum atomic E-state index is 12.1. The molecule has 0 saturated heterocycles. The van der Waals surface area contributed by atoms with Gasteiger partial charge < -0.3 is 4.74 Å². The number of thiazole rings is 1. The summed E-state index contributed by atoms with van der Waals surface area (Å²) in [6.07, 6.45) is 2.78. The molecule has 0 aliphatic rings. The maximum Gasteiger partial charge on any atom is 0.358 e. The number of esters is 1. The molecule has 2 aromatic rings. The summed E-state index contributed by atoms with van der Waals surface area (Å²) < 4.78 is 30.5. The van der Waals surface area contributed by atoms with Gasteiger partial charge in [-0.2, -0.15) is 0 Å². The second-order valence-corrected chi connectivity index (χ2v) is 5.89. The number of anilines is 1. The van der Waals surface area contributed by atoms with Gasteiger partial charge in [0.15, 0.2) is 9.90 Å². The SMILES string of the molecule is COC(=O)c1ncsc1S(=O)(=O)Nc1ncccn1. The van der Waals surface area contributed by atoms with Gasteiger partial charge in [0.2, 0.25) is 5.95 Å². The quantitative estimate of drug-likeness (QED) is 0.819. The molecule has 10 heteroatoms. The van der Waals surface area contributed by atoms with E-state index in [2.05, 4.69) is 24.4 Å². The number of methoxy groups -OCH3 is 1. The number of hydrogen-bond acceptors (Lipinski definition) is 8. The molecule has 0 radical (unpaired) electrons. The van der Waals surface area contributed by atoms with Crippen LogP contribution in [0.2, 0.25) is 0 Å². The van der Waals surface area contributed by atoms with Crippen LogP contribution in [0.1, 0.15) is 10.5 Å². The first-order chi connectivity index (χ1) is 9.04. The summed E-state index contributed by atoms with van der Waals surface area (Å²) in [6.45, 7) is 0. The van der Waals surface area contributed by atoms with Crippen molar-refractivity contribution < 1.29 is 17.9 Å². The van der Waals surface area contributed by atoms with E-state index in [1.165, 1.54) is 17.9 Å². The average Bonchev–Trinajstić information content (AvgIpc) is 2.88. The van der Waals surface area contributed by atoms with E-state index in [1.54, 1.807) is 6.07 Å². The number of ether oxygens (including phenoxy) is 1. The van der Waals surface area contributed by atoms with Gasteiger partial charge in [-0.05, 0) is 6.07 Å². The van der Waals surface area contributed by atoms with Gasteiger partial charge in [-0.15, -0.1) is 11.3 Å². The molecule has 100 valence electrons. The van der Waals surface area contributed by atoms with Crippen molar-refractivity contribution in [1.82, 2.24) is 15.0 Å². The summed E-state index contributed by atoms with van der Waals surface area (Å²) >= 11 is 0.801. The molecule has 0 aromatic carbocycles. The highest BCUT2D eigenvalue weighted by atomic mass is 32.2. The summed E-state index contributed by atoms with van der Waals surface area (Å²) in [5.74, 6) is -0.915. The number of nitrogens with zero attached hydrogens (tertiary/aromatic N) is 3. The van der Waals surface area contributed by atoms with Crippen LogP contribution in [0.5, 0.6) is 0 Å². The molecule has 0 fully saturated rings. The second kappa shape index (κ2) is 5.28. The van der Waals surface area contributed by atoms with E-state index in [9.17, 15) is 13.2 Å². The van der Waals surface area contributed by atoms with Crippen LogP contribution in [0.4, 0.5) is 5.95 Å². The number of rotatable bonds is 4. The Morgan fingerprint density at radius 2 is 2.00 bits per heavy atom. The molecule has 0 spiro atoms. The highest BCUT2D eigenvalue weighted by Crippen LogP contribution is 2.22. The molecule has 1 N–H and O–H groups in total. The lowest BCUT2D eigenvalue weighted by molar-refractivity contribution is 0.0590. The first-order valence-corrected chi connectivity index (χ1v) is 7.22. The Kier molecular flexibility index (Phi) is 3.71. The summed E-state index contributed by atoms with van der Waals surface area (Å²) in [4.78, 5) is 22.5. The number of aromatic nitrogens is 3. The lowest BCUT2D eigenvalue weighted by Gasteiger charge is -2.04. The minimum atomic E-state index is -3.98. The summed E-state index contributed by atoms with van der Waals surface area (Å²) in [5, 5.41) is 0. The van der Waals surface area contributed by atoms with Gasteiger partial charge in [-0.1, -0.05) is 0 Å². The summed E-state index contributed by atoms with van der Waals surface area (Å²) in [5.41, 5.74) is 0.975. The lowest BCUT2D eigenvalue weighted by atomic mass is 10.5. The second-order valence-electron chi connectivity index (χ2n) is 3.16. The topological polar surface area (TPSA) is 111 Å². The monoisotopic (exact) mass is 300 g/mol. The predicted molar refractivity (Wildman–Crippen MR) is 66.3 cm³/mol. The molecule has 0 atom stereocenters. The van der Waals surface area contributed by atoms with Gasteiger partial charge in [0, 0.05) is 12.4 Å². The van der Waals surface area contributed by atoms with E-state index in [-0.39, 0.29) is 15.9 Å². The molecule has 0 saturated carbocycles. The fourth-order valence-corrected chi connectivity index (χ4v) is 3.27. The van der Waals surface area contributed by atoms with E-state index >= 15 is 0 Å². The third-order valence-corrected chi connectivity index (χ3v) is 4.65. The highest BCUT2D eigenvalue weighted by molar-refractivity contribution is 7.94. The summed E-state index contributed by atoms with van der Waals surface area (Å²) in [6, 6.07) is 1.55. The Morgan fingerprint density at radius 3 is 2.63 bits per heavy atom. The van der Waals surface area contributed by atoms with Crippen molar-refractivity contribution in [2.45, 2.75) is 4.21 Å². The molecule has 2 rings (SSSR count). The number of carbonyl (C=O) groups excluding carboxylic acids is 1. The molecule has 0 unspecified atom stereocenters. The highest BCUT2D eigenvalue weighted by Gasteiger charge is 2.27. The van der Waals surface area contributed by atoms with Gasteiger partial charge in [-0.3, -0.25) is 0 Å². The van der Waals surface area contributed by atoms with Crippen molar-refractivity contribution in [3.8, 4) is 0 Å². The Labute approximate surface area is 112 Å². The molecule has 2 heterocycles. The van der Waals surface area contributed by atoms with Crippen LogP contribution >= 0.6 is 11.3 Å². The van der Waals surface area contributed by atoms with Crippen LogP contribution in [-0.2, 0) is 14.8 Å².